The van der Waals surface area contributed by atoms with Crippen LogP contribution in [0, 0.1) is 0 Å². The number of aromatic carboxylic acids is 1. The number of thiophene rings is 2. The van der Waals surface area contributed by atoms with Crippen LogP contribution in [0.4, 0.5) is 5.69 Å². The van der Waals surface area contributed by atoms with Gasteiger partial charge in [0.05, 0.1) is 11.4 Å². The first kappa shape index (κ1) is 16.9. The van der Waals surface area contributed by atoms with Gasteiger partial charge in [-0.05, 0) is 28.3 Å². The standard InChI is InChI=1S/C22H14N2O2S2/c23-19-18-15(17-9-4-10-27-17)11-16(24-21(18)28-20(19)22(25)26)14-8-3-6-12-5-1-2-7-13(12)14/h1-11H,23H2,(H,25,26). The number of hydrogen-bond acceptors (Lipinski definition) is 5. The predicted molar refractivity (Wildman–Crippen MR) is 117 cm³/mol. The highest BCUT2D eigenvalue weighted by molar-refractivity contribution is 7.21. The van der Waals surface area contributed by atoms with Crippen LogP contribution in [-0.2, 0) is 0 Å². The molecule has 6 heteroatoms. The van der Waals surface area contributed by atoms with E-state index in [1.165, 1.54) is 0 Å². The Bertz CT molecular complexity index is 1350. The van der Waals surface area contributed by atoms with Crippen LogP contribution < -0.4 is 5.73 Å². The van der Waals surface area contributed by atoms with Crippen molar-refractivity contribution in [3.63, 3.8) is 0 Å². The minimum atomic E-state index is -1.02. The third kappa shape index (κ3) is 2.58. The van der Waals surface area contributed by atoms with Gasteiger partial charge in [-0.2, -0.15) is 0 Å². The molecule has 4 nitrogen and oxygen atoms in total. The van der Waals surface area contributed by atoms with Crippen LogP contribution in [0.5, 0.6) is 0 Å². The number of carboxylic acids is 1. The third-order valence-electron chi connectivity index (χ3n) is 4.75. The van der Waals surface area contributed by atoms with Gasteiger partial charge in [0.25, 0.3) is 0 Å². The maximum atomic E-state index is 11.6. The summed E-state index contributed by atoms with van der Waals surface area (Å²) in [6.07, 6.45) is 0. The lowest BCUT2D eigenvalue weighted by molar-refractivity contribution is 0.0703. The van der Waals surface area contributed by atoms with Crippen molar-refractivity contribution in [2.75, 3.05) is 5.73 Å². The van der Waals surface area contributed by atoms with Gasteiger partial charge in [-0.3, -0.25) is 0 Å². The highest BCUT2D eigenvalue weighted by Gasteiger charge is 2.21. The van der Waals surface area contributed by atoms with E-state index in [0.717, 1.165) is 43.8 Å². The first-order valence-electron chi connectivity index (χ1n) is 8.62. The largest absolute Gasteiger partial charge is 0.477 e. The first-order chi connectivity index (χ1) is 13.6. The molecule has 3 aromatic heterocycles. The minimum absolute atomic E-state index is 0.135. The number of benzene rings is 2. The van der Waals surface area contributed by atoms with Crippen LogP contribution in [0.15, 0.2) is 66.0 Å². The lowest BCUT2D eigenvalue weighted by Gasteiger charge is -2.09. The van der Waals surface area contributed by atoms with Crippen LogP contribution in [-0.4, -0.2) is 16.1 Å². The number of carboxylic acid groups (broad SMARTS) is 1. The summed E-state index contributed by atoms with van der Waals surface area (Å²) in [4.78, 5) is 18.2. The topological polar surface area (TPSA) is 76.2 Å². The van der Waals surface area contributed by atoms with Gasteiger partial charge < -0.3 is 10.8 Å². The zero-order valence-corrected chi connectivity index (χ0v) is 16.2. The molecule has 0 spiro atoms. The Labute approximate surface area is 168 Å². The van der Waals surface area contributed by atoms with Crippen molar-refractivity contribution in [2.45, 2.75) is 0 Å². The zero-order valence-electron chi connectivity index (χ0n) is 14.5. The number of fused-ring (bicyclic) bond motifs is 2. The molecule has 136 valence electrons. The van der Waals surface area contributed by atoms with E-state index in [2.05, 4.69) is 18.2 Å². The number of hydrogen-bond donors (Lipinski definition) is 2. The molecule has 5 rings (SSSR count). The number of nitrogens with zero attached hydrogens (tertiary/aromatic N) is 1. The summed E-state index contributed by atoms with van der Waals surface area (Å²) >= 11 is 2.73. The van der Waals surface area contributed by atoms with Crippen LogP contribution in [0.25, 0.3) is 42.7 Å². The molecular weight excluding hydrogens is 388 g/mol. The second kappa shape index (κ2) is 6.44. The molecule has 0 saturated carbocycles. The van der Waals surface area contributed by atoms with Crippen molar-refractivity contribution in [1.29, 1.82) is 0 Å². The van der Waals surface area contributed by atoms with E-state index in [-0.39, 0.29) is 10.6 Å². The fourth-order valence-corrected chi connectivity index (χ4v) is 5.20. The Morgan fingerprint density at radius 1 is 1.00 bits per heavy atom. The Hall–Kier alpha value is -3.22. The quantitative estimate of drug-likeness (QED) is 0.381. The highest BCUT2D eigenvalue weighted by atomic mass is 32.1. The lowest BCUT2D eigenvalue weighted by Crippen LogP contribution is -1.97. The number of pyridine rings is 1. The molecule has 0 aliphatic rings. The second-order valence-corrected chi connectivity index (χ2v) is 8.34. The minimum Gasteiger partial charge on any atom is -0.477 e. The molecule has 0 amide bonds. The van der Waals surface area contributed by atoms with E-state index >= 15 is 0 Å². The molecular formula is C22H14N2O2S2. The van der Waals surface area contributed by atoms with E-state index < -0.39 is 5.97 Å². The number of rotatable bonds is 3. The average Bonchev–Trinajstić information content (AvgIpc) is 3.35. The van der Waals surface area contributed by atoms with Crippen molar-refractivity contribution in [2.24, 2.45) is 0 Å². The molecule has 0 unspecified atom stereocenters. The second-order valence-electron chi connectivity index (χ2n) is 6.39. The summed E-state index contributed by atoms with van der Waals surface area (Å²) in [7, 11) is 0. The van der Waals surface area contributed by atoms with Crippen molar-refractivity contribution in [3.8, 4) is 21.7 Å². The molecule has 3 heterocycles. The highest BCUT2D eigenvalue weighted by Crippen LogP contribution is 2.43. The van der Waals surface area contributed by atoms with E-state index in [9.17, 15) is 9.90 Å². The molecule has 0 saturated heterocycles. The summed E-state index contributed by atoms with van der Waals surface area (Å²) in [6.45, 7) is 0. The molecule has 0 bridgehead atoms. The van der Waals surface area contributed by atoms with Crippen molar-refractivity contribution >= 4 is 55.3 Å². The Balaban J connectivity index is 1.87. The van der Waals surface area contributed by atoms with Gasteiger partial charge in [-0.1, -0.05) is 48.5 Å². The maximum Gasteiger partial charge on any atom is 0.348 e. The SMILES string of the molecule is Nc1c(C(=O)O)sc2nc(-c3cccc4ccccc34)cc(-c3cccs3)c12. The summed E-state index contributed by atoms with van der Waals surface area (Å²) in [6, 6.07) is 20.3. The summed E-state index contributed by atoms with van der Waals surface area (Å²) in [5, 5.41) is 14.5. The van der Waals surface area contributed by atoms with Gasteiger partial charge in [-0.25, -0.2) is 9.78 Å². The first-order valence-corrected chi connectivity index (χ1v) is 10.3. The van der Waals surface area contributed by atoms with Crippen molar-refractivity contribution < 1.29 is 9.90 Å². The average molecular weight is 403 g/mol. The van der Waals surface area contributed by atoms with Gasteiger partial charge in [0.2, 0.25) is 0 Å². The van der Waals surface area contributed by atoms with Gasteiger partial charge in [0, 0.05) is 21.4 Å². The summed E-state index contributed by atoms with van der Waals surface area (Å²) in [5.74, 6) is -1.02. The molecule has 0 atom stereocenters. The van der Waals surface area contributed by atoms with E-state index in [1.54, 1.807) is 11.3 Å². The Kier molecular flexibility index (Phi) is 3.89. The molecule has 0 aliphatic heterocycles. The molecule has 5 aromatic rings. The zero-order chi connectivity index (χ0) is 19.3. The van der Waals surface area contributed by atoms with Crippen LogP contribution in [0.2, 0.25) is 0 Å². The fraction of sp³-hybridized carbons (Fsp3) is 0. The van der Waals surface area contributed by atoms with Crippen molar-refractivity contribution in [1.82, 2.24) is 4.98 Å². The molecule has 0 radical (unpaired) electrons. The normalized spacial score (nSPS) is 11.3. The summed E-state index contributed by atoms with van der Waals surface area (Å²) in [5.41, 5.74) is 9.25. The third-order valence-corrected chi connectivity index (χ3v) is 6.74. The Morgan fingerprint density at radius 2 is 1.82 bits per heavy atom. The Morgan fingerprint density at radius 3 is 2.61 bits per heavy atom. The number of carbonyl (C=O) groups is 1. The molecule has 28 heavy (non-hydrogen) atoms. The van der Waals surface area contributed by atoms with Gasteiger partial charge >= 0.3 is 5.97 Å². The van der Waals surface area contributed by atoms with Gasteiger partial charge in [0.1, 0.15) is 9.71 Å². The maximum absolute atomic E-state index is 11.6. The molecule has 2 aromatic carbocycles. The molecule has 0 aliphatic carbocycles. The lowest BCUT2D eigenvalue weighted by atomic mass is 9.99. The number of aromatic nitrogens is 1. The number of anilines is 1. The van der Waals surface area contributed by atoms with Gasteiger partial charge in [0.15, 0.2) is 0 Å². The van der Waals surface area contributed by atoms with E-state index in [1.807, 2.05) is 47.8 Å². The van der Waals surface area contributed by atoms with Crippen LogP contribution >= 0.6 is 22.7 Å². The summed E-state index contributed by atoms with van der Waals surface area (Å²) < 4.78 is 0. The van der Waals surface area contributed by atoms with Crippen LogP contribution in [0.3, 0.4) is 0 Å². The van der Waals surface area contributed by atoms with E-state index in [0.29, 0.717) is 10.2 Å². The van der Waals surface area contributed by atoms with Crippen molar-refractivity contribution in [3.05, 3.63) is 70.9 Å². The fourth-order valence-electron chi connectivity index (χ4n) is 3.49. The monoisotopic (exact) mass is 402 g/mol. The van der Waals surface area contributed by atoms with Crippen LogP contribution in [0.1, 0.15) is 9.67 Å². The number of nitrogens with two attached hydrogens (primary N) is 1. The van der Waals surface area contributed by atoms with Gasteiger partial charge in [-0.15, -0.1) is 22.7 Å². The smallest absolute Gasteiger partial charge is 0.348 e. The predicted octanol–water partition coefficient (Wildman–Crippen LogP) is 6.13. The van der Waals surface area contributed by atoms with E-state index in [4.69, 9.17) is 10.7 Å². The molecule has 3 N–H and O–H groups in total. The molecule has 0 fully saturated rings. The number of nitrogen functional groups attached to an aromatic ring is 1.